The first-order valence-corrected chi connectivity index (χ1v) is 6.59. The van der Waals surface area contributed by atoms with Gasteiger partial charge in [0.1, 0.15) is 12.1 Å². The number of aromatic nitrogens is 2. The van der Waals surface area contributed by atoms with Crippen molar-refractivity contribution in [3.63, 3.8) is 0 Å². The summed E-state index contributed by atoms with van der Waals surface area (Å²) < 4.78 is 6.06. The molecular weight excluding hydrogens is 258 g/mol. The van der Waals surface area contributed by atoms with Crippen molar-refractivity contribution in [2.45, 2.75) is 12.3 Å². The van der Waals surface area contributed by atoms with Gasteiger partial charge in [-0.2, -0.15) is 0 Å². The first-order chi connectivity index (χ1) is 8.22. The standard InChI is InChI=1S/C11H14ClN3OS/c1-7-5-17-10-9(7)14-6-15-11(10)13-3-8(12)4-16-2/h5-6,8H,3-4H2,1-2H3,(H,13,14,15). The van der Waals surface area contributed by atoms with Crippen LogP contribution in [0.4, 0.5) is 5.82 Å². The van der Waals surface area contributed by atoms with Crippen molar-refractivity contribution in [2.75, 3.05) is 25.6 Å². The van der Waals surface area contributed by atoms with E-state index in [4.69, 9.17) is 16.3 Å². The molecule has 0 aliphatic carbocycles. The van der Waals surface area contributed by atoms with Gasteiger partial charge in [0.2, 0.25) is 0 Å². The van der Waals surface area contributed by atoms with Gasteiger partial charge >= 0.3 is 0 Å². The predicted molar refractivity (Wildman–Crippen MR) is 72.2 cm³/mol. The van der Waals surface area contributed by atoms with Crippen LogP contribution in [0, 0.1) is 6.92 Å². The molecule has 0 spiro atoms. The van der Waals surface area contributed by atoms with E-state index in [0.717, 1.165) is 16.0 Å². The molecule has 2 aromatic rings. The van der Waals surface area contributed by atoms with E-state index in [9.17, 15) is 0 Å². The number of hydrogen-bond donors (Lipinski definition) is 1. The minimum Gasteiger partial charge on any atom is -0.383 e. The molecular formula is C11H14ClN3OS. The Morgan fingerprint density at radius 2 is 2.35 bits per heavy atom. The Kier molecular flexibility index (Phi) is 4.15. The van der Waals surface area contributed by atoms with Crippen LogP contribution in [0.1, 0.15) is 5.56 Å². The molecule has 0 bridgehead atoms. The van der Waals surface area contributed by atoms with Gasteiger partial charge in [0.15, 0.2) is 0 Å². The first-order valence-electron chi connectivity index (χ1n) is 5.28. The van der Waals surface area contributed by atoms with Gasteiger partial charge in [0.25, 0.3) is 0 Å². The third kappa shape index (κ3) is 2.86. The molecule has 2 aromatic heterocycles. The van der Waals surface area contributed by atoms with Gasteiger partial charge in [0.05, 0.1) is 22.2 Å². The molecule has 0 aromatic carbocycles. The second kappa shape index (κ2) is 5.62. The topological polar surface area (TPSA) is 47.0 Å². The van der Waals surface area contributed by atoms with Gasteiger partial charge in [-0.05, 0) is 17.9 Å². The summed E-state index contributed by atoms with van der Waals surface area (Å²) in [4.78, 5) is 8.51. The van der Waals surface area contributed by atoms with Gasteiger partial charge in [-0.25, -0.2) is 9.97 Å². The number of nitrogens with one attached hydrogen (secondary N) is 1. The lowest BCUT2D eigenvalue weighted by Crippen LogP contribution is -2.19. The van der Waals surface area contributed by atoms with Crippen LogP contribution in [0.15, 0.2) is 11.7 Å². The number of anilines is 1. The third-order valence-corrected chi connectivity index (χ3v) is 3.74. The molecule has 0 aliphatic heterocycles. The van der Waals surface area contributed by atoms with Crippen LogP contribution in [0.3, 0.4) is 0 Å². The molecule has 0 saturated carbocycles. The van der Waals surface area contributed by atoms with Gasteiger partial charge in [-0.3, -0.25) is 0 Å². The fraction of sp³-hybridized carbons (Fsp3) is 0.455. The van der Waals surface area contributed by atoms with Crippen molar-refractivity contribution in [1.82, 2.24) is 9.97 Å². The van der Waals surface area contributed by atoms with Crippen molar-refractivity contribution in [3.8, 4) is 0 Å². The molecule has 0 amide bonds. The van der Waals surface area contributed by atoms with Gasteiger partial charge in [-0.15, -0.1) is 22.9 Å². The van der Waals surface area contributed by atoms with Crippen molar-refractivity contribution in [2.24, 2.45) is 0 Å². The summed E-state index contributed by atoms with van der Waals surface area (Å²) in [6.07, 6.45) is 1.57. The van der Waals surface area contributed by atoms with Crippen LogP contribution in [0.5, 0.6) is 0 Å². The van der Waals surface area contributed by atoms with Crippen LogP contribution in [0.2, 0.25) is 0 Å². The van der Waals surface area contributed by atoms with Crippen LogP contribution >= 0.6 is 22.9 Å². The number of alkyl halides is 1. The van der Waals surface area contributed by atoms with E-state index in [1.807, 2.05) is 6.92 Å². The van der Waals surface area contributed by atoms with Crippen molar-refractivity contribution in [3.05, 3.63) is 17.3 Å². The maximum absolute atomic E-state index is 6.06. The summed E-state index contributed by atoms with van der Waals surface area (Å²) >= 11 is 7.70. The molecule has 2 rings (SSSR count). The zero-order valence-electron chi connectivity index (χ0n) is 9.74. The summed E-state index contributed by atoms with van der Waals surface area (Å²) in [5, 5.41) is 5.25. The summed E-state index contributed by atoms with van der Waals surface area (Å²) in [7, 11) is 1.64. The van der Waals surface area contributed by atoms with E-state index in [2.05, 4.69) is 20.7 Å². The number of hydrogen-bond acceptors (Lipinski definition) is 5. The molecule has 2 heterocycles. The van der Waals surface area contributed by atoms with Gasteiger partial charge < -0.3 is 10.1 Å². The Balaban J connectivity index is 2.13. The van der Waals surface area contributed by atoms with Crippen LogP contribution in [-0.2, 0) is 4.74 Å². The Bertz CT molecular complexity index is 502. The van der Waals surface area contributed by atoms with E-state index in [-0.39, 0.29) is 5.38 Å². The van der Waals surface area contributed by atoms with Crippen LogP contribution in [0.25, 0.3) is 10.2 Å². The number of nitrogens with zero attached hydrogens (tertiary/aromatic N) is 2. The van der Waals surface area contributed by atoms with Crippen LogP contribution < -0.4 is 5.32 Å². The van der Waals surface area contributed by atoms with Crippen LogP contribution in [-0.4, -0.2) is 35.6 Å². The molecule has 4 nitrogen and oxygen atoms in total. The molecule has 1 N–H and O–H groups in total. The molecule has 0 radical (unpaired) electrons. The van der Waals surface area contributed by atoms with Crippen molar-refractivity contribution >= 4 is 39.0 Å². The normalized spacial score (nSPS) is 12.9. The highest BCUT2D eigenvalue weighted by Gasteiger charge is 2.09. The van der Waals surface area contributed by atoms with E-state index in [1.165, 1.54) is 5.56 Å². The van der Waals surface area contributed by atoms with E-state index >= 15 is 0 Å². The molecule has 92 valence electrons. The number of thiophene rings is 1. The summed E-state index contributed by atoms with van der Waals surface area (Å²) in [5.74, 6) is 0.842. The smallest absolute Gasteiger partial charge is 0.147 e. The Hall–Kier alpha value is -0.910. The Morgan fingerprint density at radius 3 is 3.12 bits per heavy atom. The average Bonchev–Trinajstić information content (AvgIpc) is 2.70. The first kappa shape index (κ1) is 12.5. The highest BCUT2D eigenvalue weighted by Crippen LogP contribution is 2.28. The molecule has 0 saturated heterocycles. The molecule has 0 aliphatic rings. The number of halogens is 1. The molecule has 1 unspecified atom stereocenters. The fourth-order valence-electron chi connectivity index (χ4n) is 1.54. The zero-order chi connectivity index (χ0) is 12.3. The minimum atomic E-state index is -0.0638. The SMILES string of the molecule is COCC(Cl)CNc1ncnc2c(C)csc12. The quantitative estimate of drug-likeness (QED) is 0.850. The van der Waals surface area contributed by atoms with E-state index in [1.54, 1.807) is 24.8 Å². The minimum absolute atomic E-state index is 0.0638. The van der Waals surface area contributed by atoms with E-state index in [0.29, 0.717) is 13.2 Å². The summed E-state index contributed by atoms with van der Waals surface area (Å²) in [5.41, 5.74) is 2.18. The number of methoxy groups -OCH3 is 1. The largest absolute Gasteiger partial charge is 0.383 e. The number of rotatable bonds is 5. The Morgan fingerprint density at radius 1 is 1.53 bits per heavy atom. The maximum atomic E-state index is 6.06. The highest BCUT2D eigenvalue weighted by molar-refractivity contribution is 7.18. The lowest BCUT2D eigenvalue weighted by atomic mass is 10.3. The molecule has 17 heavy (non-hydrogen) atoms. The number of aryl methyl sites for hydroxylation is 1. The van der Waals surface area contributed by atoms with Crippen molar-refractivity contribution in [1.29, 1.82) is 0 Å². The highest BCUT2D eigenvalue weighted by atomic mass is 35.5. The maximum Gasteiger partial charge on any atom is 0.147 e. The van der Waals surface area contributed by atoms with Gasteiger partial charge in [0, 0.05) is 13.7 Å². The monoisotopic (exact) mass is 271 g/mol. The molecule has 0 fully saturated rings. The fourth-order valence-corrected chi connectivity index (χ4v) is 2.71. The average molecular weight is 272 g/mol. The lowest BCUT2D eigenvalue weighted by Gasteiger charge is -2.10. The van der Waals surface area contributed by atoms with Crippen molar-refractivity contribution < 1.29 is 4.74 Å². The second-order valence-corrected chi connectivity index (χ2v) is 5.25. The molecule has 1 atom stereocenters. The number of fused-ring (bicyclic) bond motifs is 1. The van der Waals surface area contributed by atoms with E-state index < -0.39 is 0 Å². The summed E-state index contributed by atoms with van der Waals surface area (Å²) in [6.45, 7) is 3.19. The molecule has 6 heteroatoms. The number of ether oxygens (including phenoxy) is 1. The lowest BCUT2D eigenvalue weighted by molar-refractivity contribution is 0.200. The summed E-state index contributed by atoms with van der Waals surface area (Å²) in [6, 6.07) is 0. The Labute approximate surface area is 109 Å². The predicted octanol–water partition coefficient (Wildman–Crippen LogP) is 2.67. The van der Waals surface area contributed by atoms with Gasteiger partial charge in [-0.1, -0.05) is 0 Å². The third-order valence-electron chi connectivity index (χ3n) is 2.37. The zero-order valence-corrected chi connectivity index (χ0v) is 11.3. The second-order valence-electron chi connectivity index (χ2n) is 3.75.